The van der Waals surface area contributed by atoms with Crippen molar-refractivity contribution in [2.24, 2.45) is 5.10 Å². The molecule has 0 saturated heterocycles. The summed E-state index contributed by atoms with van der Waals surface area (Å²) >= 11 is 1.48. The van der Waals surface area contributed by atoms with E-state index in [4.69, 9.17) is 14.2 Å². The summed E-state index contributed by atoms with van der Waals surface area (Å²) in [6.07, 6.45) is 1.65. The van der Waals surface area contributed by atoms with Crippen molar-refractivity contribution in [3.63, 3.8) is 0 Å². The molecule has 8 heteroatoms. The SMILES string of the molecule is CCOc1cc(/C=N\Nc2nc(C)cs2)ccc1OC(=O)c1ccc(OC)cc1. The Hall–Kier alpha value is -3.39. The van der Waals surface area contributed by atoms with Crippen molar-refractivity contribution in [3.05, 3.63) is 64.7 Å². The first-order valence-electron chi connectivity index (χ1n) is 8.93. The van der Waals surface area contributed by atoms with Crippen molar-refractivity contribution < 1.29 is 19.0 Å². The van der Waals surface area contributed by atoms with E-state index >= 15 is 0 Å². The number of aromatic nitrogens is 1. The zero-order chi connectivity index (χ0) is 20.6. The summed E-state index contributed by atoms with van der Waals surface area (Å²) in [5.41, 5.74) is 5.03. The van der Waals surface area contributed by atoms with Crippen molar-refractivity contribution in [2.75, 3.05) is 19.1 Å². The molecule has 0 bridgehead atoms. The van der Waals surface area contributed by atoms with Crippen LogP contribution in [-0.2, 0) is 0 Å². The maximum absolute atomic E-state index is 12.4. The second-order valence-corrected chi connectivity index (χ2v) is 6.78. The van der Waals surface area contributed by atoms with E-state index in [0.717, 1.165) is 11.3 Å². The first kappa shape index (κ1) is 20.3. The van der Waals surface area contributed by atoms with Crippen molar-refractivity contribution in [2.45, 2.75) is 13.8 Å². The van der Waals surface area contributed by atoms with Gasteiger partial charge in [0.2, 0.25) is 5.13 Å². The fourth-order valence-electron chi connectivity index (χ4n) is 2.41. The first-order valence-corrected chi connectivity index (χ1v) is 9.81. The minimum Gasteiger partial charge on any atom is -0.497 e. The fraction of sp³-hybridized carbons (Fsp3) is 0.190. The summed E-state index contributed by atoms with van der Waals surface area (Å²) in [5, 5.41) is 6.84. The summed E-state index contributed by atoms with van der Waals surface area (Å²) in [6.45, 7) is 4.22. The Kier molecular flexibility index (Phi) is 6.80. The molecule has 3 aromatic rings. The normalized spacial score (nSPS) is 10.7. The number of benzene rings is 2. The van der Waals surface area contributed by atoms with Crippen LogP contribution in [0.2, 0.25) is 0 Å². The largest absolute Gasteiger partial charge is 0.497 e. The fourth-order valence-corrected chi connectivity index (χ4v) is 3.05. The molecule has 0 saturated carbocycles. The zero-order valence-electron chi connectivity index (χ0n) is 16.3. The monoisotopic (exact) mass is 411 g/mol. The van der Waals surface area contributed by atoms with Crippen LogP contribution in [0.1, 0.15) is 28.5 Å². The summed E-state index contributed by atoms with van der Waals surface area (Å²) in [5.74, 6) is 0.995. The van der Waals surface area contributed by atoms with Gasteiger partial charge < -0.3 is 14.2 Å². The van der Waals surface area contributed by atoms with Crippen LogP contribution >= 0.6 is 11.3 Å². The summed E-state index contributed by atoms with van der Waals surface area (Å²) in [4.78, 5) is 16.7. The number of ether oxygens (including phenoxy) is 3. The van der Waals surface area contributed by atoms with Crippen LogP contribution in [0.25, 0.3) is 0 Å². The molecule has 0 radical (unpaired) electrons. The Morgan fingerprint density at radius 3 is 2.66 bits per heavy atom. The molecule has 0 spiro atoms. The molecule has 1 N–H and O–H groups in total. The quantitative estimate of drug-likeness (QED) is 0.254. The van der Waals surface area contributed by atoms with E-state index in [1.165, 1.54) is 11.3 Å². The van der Waals surface area contributed by atoms with E-state index in [0.29, 0.717) is 34.6 Å². The minimum absolute atomic E-state index is 0.341. The molecule has 1 aromatic heterocycles. The number of aryl methyl sites for hydroxylation is 1. The number of hydrogen-bond donors (Lipinski definition) is 1. The summed E-state index contributed by atoms with van der Waals surface area (Å²) in [6, 6.07) is 11.9. The van der Waals surface area contributed by atoms with Gasteiger partial charge in [0, 0.05) is 5.38 Å². The van der Waals surface area contributed by atoms with Gasteiger partial charge in [-0.2, -0.15) is 5.10 Å². The molecule has 1 heterocycles. The highest BCUT2D eigenvalue weighted by molar-refractivity contribution is 7.13. The molecule has 0 aliphatic rings. The summed E-state index contributed by atoms with van der Waals surface area (Å²) in [7, 11) is 1.57. The van der Waals surface area contributed by atoms with E-state index < -0.39 is 5.97 Å². The van der Waals surface area contributed by atoms with E-state index in [-0.39, 0.29) is 0 Å². The highest BCUT2D eigenvalue weighted by atomic mass is 32.1. The third-order valence-electron chi connectivity index (χ3n) is 3.79. The number of nitrogens with one attached hydrogen (secondary N) is 1. The van der Waals surface area contributed by atoms with Gasteiger partial charge in [0.1, 0.15) is 5.75 Å². The number of nitrogens with zero attached hydrogens (tertiary/aromatic N) is 2. The average Bonchev–Trinajstić information content (AvgIpc) is 3.15. The number of hydrazone groups is 1. The van der Waals surface area contributed by atoms with Crippen LogP contribution in [-0.4, -0.2) is 30.9 Å². The van der Waals surface area contributed by atoms with E-state index in [1.807, 2.05) is 19.2 Å². The molecule has 150 valence electrons. The molecular formula is C21H21N3O4S. The van der Waals surface area contributed by atoms with Gasteiger partial charge in [0.05, 0.1) is 31.2 Å². The Labute approximate surface area is 173 Å². The highest BCUT2D eigenvalue weighted by Crippen LogP contribution is 2.29. The van der Waals surface area contributed by atoms with Crippen LogP contribution in [0.15, 0.2) is 52.9 Å². The van der Waals surface area contributed by atoms with E-state index in [9.17, 15) is 4.79 Å². The smallest absolute Gasteiger partial charge is 0.343 e. The molecule has 0 aliphatic heterocycles. The van der Waals surface area contributed by atoms with Crippen molar-refractivity contribution in [1.82, 2.24) is 4.98 Å². The zero-order valence-corrected chi connectivity index (χ0v) is 17.2. The molecule has 7 nitrogen and oxygen atoms in total. The number of methoxy groups -OCH3 is 1. The molecule has 0 fully saturated rings. The number of rotatable bonds is 8. The Bertz CT molecular complexity index is 999. The molecule has 2 aromatic carbocycles. The molecule has 0 aliphatic carbocycles. The lowest BCUT2D eigenvalue weighted by atomic mass is 10.2. The molecular weight excluding hydrogens is 390 g/mol. The molecule has 0 atom stereocenters. The number of hydrogen-bond acceptors (Lipinski definition) is 8. The lowest BCUT2D eigenvalue weighted by molar-refractivity contribution is 0.0728. The number of carbonyl (C=O) groups excluding carboxylic acids is 1. The van der Waals surface area contributed by atoms with Gasteiger partial charge in [0.15, 0.2) is 11.5 Å². The van der Waals surface area contributed by atoms with Crippen LogP contribution in [0.3, 0.4) is 0 Å². The molecule has 0 unspecified atom stereocenters. The second kappa shape index (κ2) is 9.70. The number of thiazole rings is 1. The van der Waals surface area contributed by atoms with Gasteiger partial charge in [-0.1, -0.05) is 0 Å². The third kappa shape index (κ3) is 5.55. The minimum atomic E-state index is -0.476. The van der Waals surface area contributed by atoms with Crippen LogP contribution < -0.4 is 19.6 Å². The van der Waals surface area contributed by atoms with Gasteiger partial charge in [0.25, 0.3) is 0 Å². The Morgan fingerprint density at radius 1 is 1.21 bits per heavy atom. The van der Waals surface area contributed by atoms with Gasteiger partial charge in [-0.05, 0) is 61.9 Å². The Morgan fingerprint density at radius 2 is 2.00 bits per heavy atom. The molecule has 0 amide bonds. The second-order valence-electron chi connectivity index (χ2n) is 5.92. The van der Waals surface area contributed by atoms with Crippen molar-refractivity contribution >= 4 is 28.7 Å². The Balaban J connectivity index is 1.71. The van der Waals surface area contributed by atoms with E-state index in [2.05, 4.69) is 15.5 Å². The van der Waals surface area contributed by atoms with Crippen LogP contribution in [0, 0.1) is 6.92 Å². The van der Waals surface area contributed by atoms with Gasteiger partial charge in [-0.15, -0.1) is 11.3 Å². The van der Waals surface area contributed by atoms with Gasteiger partial charge in [-0.25, -0.2) is 9.78 Å². The predicted octanol–water partition coefficient (Wildman–Crippen LogP) is 4.52. The molecule has 29 heavy (non-hydrogen) atoms. The lowest BCUT2D eigenvalue weighted by Crippen LogP contribution is -2.09. The number of anilines is 1. The lowest BCUT2D eigenvalue weighted by Gasteiger charge is -2.11. The molecule has 3 rings (SSSR count). The van der Waals surface area contributed by atoms with Crippen molar-refractivity contribution in [1.29, 1.82) is 0 Å². The van der Waals surface area contributed by atoms with Crippen molar-refractivity contribution in [3.8, 4) is 17.2 Å². The van der Waals surface area contributed by atoms with Crippen LogP contribution in [0.5, 0.6) is 17.2 Å². The van der Waals surface area contributed by atoms with Gasteiger partial charge >= 0.3 is 5.97 Å². The number of carbonyl (C=O) groups is 1. The maximum atomic E-state index is 12.4. The summed E-state index contributed by atoms with van der Waals surface area (Å²) < 4.78 is 16.2. The standard InChI is InChI=1S/C21H21N3O4S/c1-4-27-19-11-15(12-22-24-21-23-14(2)13-29-21)5-10-18(19)28-20(25)16-6-8-17(26-3)9-7-16/h5-13H,4H2,1-3H3,(H,23,24)/b22-12-. The maximum Gasteiger partial charge on any atom is 0.343 e. The predicted molar refractivity (Wildman–Crippen MR) is 114 cm³/mol. The van der Waals surface area contributed by atoms with E-state index in [1.54, 1.807) is 55.8 Å². The van der Waals surface area contributed by atoms with Crippen LogP contribution in [0.4, 0.5) is 5.13 Å². The number of esters is 1. The van der Waals surface area contributed by atoms with Gasteiger partial charge in [-0.3, -0.25) is 5.43 Å². The first-order chi connectivity index (χ1) is 14.1. The average molecular weight is 411 g/mol. The third-order valence-corrected chi connectivity index (χ3v) is 4.65. The highest BCUT2D eigenvalue weighted by Gasteiger charge is 2.13. The topological polar surface area (TPSA) is 82.0 Å².